The van der Waals surface area contributed by atoms with Gasteiger partial charge in [0.1, 0.15) is 11.9 Å². The highest BCUT2D eigenvalue weighted by Gasteiger charge is 2.31. The highest BCUT2D eigenvalue weighted by Crippen LogP contribution is 2.35. The van der Waals surface area contributed by atoms with Crippen molar-refractivity contribution in [3.8, 4) is 5.75 Å². The van der Waals surface area contributed by atoms with Crippen LogP contribution in [0, 0.1) is 0 Å². The van der Waals surface area contributed by atoms with Gasteiger partial charge in [-0.05, 0) is 29.7 Å². The number of benzene rings is 2. The van der Waals surface area contributed by atoms with Gasteiger partial charge in [0.2, 0.25) is 0 Å². The molecule has 0 aromatic heterocycles. The number of ether oxygens (including phenoxy) is 1. The molecule has 1 aliphatic carbocycles. The van der Waals surface area contributed by atoms with Crippen molar-refractivity contribution in [1.29, 1.82) is 0 Å². The highest BCUT2D eigenvalue weighted by molar-refractivity contribution is 6.42. The summed E-state index contributed by atoms with van der Waals surface area (Å²) in [6.45, 7) is 0. The molecule has 0 bridgehead atoms. The van der Waals surface area contributed by atoms with Crippen LogP contribution >= 0.6 is 23.2 Å². The Morgan fingerprint density at radius 3 is 2.63 bits per heavy atom. The van der Waals surface area contributed by atoms with Crippen LogP contribution in [0.4, 0.5) is 0 Å². The van der Waals surface area contributed by atoms with E-state index in [1.165, 1.54) is 5.56 Å². The van der Waals surface area contributed by atoms with Crippen molar-refractivity contribution in [1.82, 2.24) is 0 Å². The summed E-state index contributed by atoms with van der Waals surface area (Å²) in [4.78, 5) is 0. The van der Waals surface area contributed by atoms with E-state index in [1.807, 2.05) is 18.2 Å². The summed E-state index contributed by atoms with van der Waals surface area (Å²) < 4.78 is 5.98. The Kier molecular flexibility index (Phi) is 3.40. The number of hydrogen-bond donors (Lipinski definition) is 1. The summed E-state index contributed by atoms with van der Waals surface area (Å²) in [5.41, 5.74) is 8.56. The van der Waals surface area contributed by atoms with Gasteiger partial charge in [-0.1, -0.05) is 47.5 Å². The minimum atomic E-state index is -0.131. The van der Waals surface area contributed by atoms with E-state index in [4.69, 9.17) is 33.7 Å². The molecule has 0 saturated heterocycles. The second kappa shape index (κ2) is 5.04. The van der Waals surface area contributed by atoms with Gasteiger partial charge in [0.25, 0.3) is 0 Å². The van der Waals surface area contributed by atoms with Gasteiger partial charge in [-0.15, -0.1) is 0 Å². The molecular formula is C15H13Cl2NO. The van der Waals surface area contributed by atoms with Crippen LogP contribution in [0.1, 0.15) is 17.2 Å². The third kappa shape index (κ3) is 2.44. The van der Waals surface area contributed by atoms with Crippen molar-refractivity contribution in [2.24, 2.45) is 5.73 Å². The van der Waals surface area contributed by atoms with Gasteiger partial charge < -0.3 is 10.5 Å². The van der Waals surface area contributed by atoms with Gasteiger partial charge in [0, 0.05) is 12.1 Å². The average molecular weight is 294 g/mol. The molecule has 4 heteroatoms. The van der Waals surface area contributed by atoms with Crippen molar-refractivity contribution < 1.29 is 4.74 Å². The van der Waals surface area contributed by atoms with E-state index in [-0.39, 0.29) is 12.1 Å². The molecule has 0 radical (unpaired) electrons. The first-order chi connectivity index (χ1) is 9.15. The molecule has 98 valence electrons. The van der Waals surface area contributed by atoms with Crippen LogP contribution in [0.15, 0.2) is 42.5 Å². The van der Waals surface area contributed by atoms with Gasteiger partial charge in [-0.2, -0.15) is 0 Å². The van der Waals surface area contributed by atoms with Crippen molar-refractivity contribution in [2.75, 3.05) is 0 Å². The first kappa shape index (κ1) is 12.8. The zero-order chi connectivity index (χ0) is 13.4. The molecule has 2 nitrogen and oxygen atoms in total. The first-order valence-corrected chi connectivity index (χ1v) is 6.86. The van der Waals surface area contributed by atoms with Gasteiger partial charge in [-0.25, -0.2) is 0 Å². The zero-order valence-electron chi connectivity index (χ0n) is 10.1. The van der Waals surface area contributed by atoms with E-state index in [2.05, 4.69) is 12.1 Å². The van der Waals surface area contributed by atoms with Crippen LogP contribution in [0.25, 0.3) is 0 Å². The average Bonchev–Trinajstić information content (AvgIpc) is 2.71. The topological polar surface area (TPSA) is 35.2 Å². The van der Waals surface area contributed by atoms with E-state index >= 15 is 0 Å². The molecule has 0 saturated carbocycles. The summed E-state index contributed by atoms with van der Waals surface area (Å²) in [7, 11) is 0. The quantitative estimate of drug-likeness (QED) is 0.908. The molecule has 0 amide bonds. The number of hydrogen-bond acceptors (Lipinski definition) is 2. The molecule has 1 aliphatic rings. The lowest BCUT2D eigenvalue weighted by atomic mass is 10.1. The molecular weight excluding hydrogens is 281 g/mol. The fourth-order valence-electron chi connectivity index (χ4n) is 2.44. The van der Waals surface area contributed by atoms with Crippen molar-refractivity contribution in [3.05, 3.63) is 63.6 Å². The van der Waals surface area contributed by atoms with Gasteiger partial charge in [0.15, 0.2) is 0 Å². The fraction of sp³-hybridized carbons (Fsp3) is 0.200. The predicted octanol–water partition coefficient (Wildman–Crippen LogP) is 4.00. The molecule has 0 heterocycles. The SMILES string of the molecule is NC1Cc2ccccc2C1Oc1ccc(Cl)c(Cl)c1. The third-order valence-electron chi connectivity index (χ3n) is 3.36. The van der Waals surface area contributed by atoms with Crippen LogP contribution in [-0.4, -0.2) is 6.04 Å². The maximum absolute atomic E-state index is 6.16. The van der Waals surface area contributed by atoms with Crippen molar-refractivity contribution in [2.45, 2.75) is 18.6 Å². The molecule has 0 spiro atoms. The number of rotatable bonds is 2. The number of fused-ring (bicyclic) bond motifs is 1. The molecule has 3 rings (SSSR count). The van der Waals surface area contributed by atoms with Crippen LogP contribution < -0.4 is 10.5 Å². The van der Waals surface area contributed by atoms with E-state index in [0.29, 0.717) is 15.8 Å². The first-order valence-electron chi connectivity index (χ1n) is 6.10. The summed E-state index contributed by atoms with van der Waals surface area (Å²) >= 11 is 11.9. The lowest BCUT2D eigenvalue weighted by molar-refractivity contribution is 0.186. The molecule has 19 heavy (non-hydrogen) atoms. The van der Waals surface area contributed by atoms with Crippen LogP contribution in [0.5, 0.6) is 5.75 Å². The second-order valence-corrected chi connectivity index (χ2v) is 5.50. The monoisotopic (exact) mass is 293 g/mol. The predicted molar refractivity (Wildman–Crippen MR) is 78.0 cm³/mol. The van der Waals surface area contributed by atoms with Gasteiger partial charge >= 0.3 is 0 Å². The van der Waals surface area contributed by atoms with Crippen LogP contribution in [0.2, 0.25) is 10.0 Å². The Balaban J connectivity index is 1.89. The smallest absolute Gasteiger partial charge is 0.139 e. The second-order valence-electron chi connectivity index (χ2n) is 4.68. The lowest BCUT2D eigenvalue weighted by Crippen LogP contribution is -2.28. The number of halogens is 2. The van der Waals surface area contributed by atoms with Crippen LogP contribution in [0.3, 0.4) is 0 Å². The van der Waals surface area contributed by atoms with Gasteiger partial charge in [0.05, 0.1) is 10.0 Å². The van der Waals surface area contributed by atoms with Crippen molar-refractivity contribution in [3.63, 3.8) is 0 Å². The standard InChI is InChI=1S/C15H13Cl2NO/c16-12-6-5-10(8-13(12)17)19-15-11-4-2-1-3-9(11)7-14(15)18/h1-6,8,14-15H,7,18H2. The van der Waals surface area contributed by atoms with E-state index < -0.39 is 0 Å². The number of nitrogens with two attached hydrogens (primary N) is 1. The fourth-order valence-corrected chi connectivity index (χ4v) is 2.72. The van der Waals surface area contributed by atoms with Crippen LogP contribution in [-0.2, 0) is 6.42 Å². The highest BCUT2D eigenvalue weighted by atomic mass is 35.5. The Morgan fingerprint density at radius 1 is 1.05 bits per heavy atom. The maximum atomic E-state index is 6.16. The largest absolute Gasteiger partial charge is 0.484 e. The van der Waals surface area contributed by atoms with E-state index in [0.717, 1.165) is 12.0 Å². The van der Waals surface area contributed by atoms with Gasteiger partial charge in [-0.3, -0.25) is 0 Å². The van der Waals surface area contributed by atoms with Crippen molar-refractivity contribution >= 4 is 23.2 Å². The Bertz CT molecular complexity index is 615. The molecule has 2 N–H and O–H groups in total. The molecule has 2 atom stereocenters. The Hall–Kier alpha value is -1.22. The summed E-state index contributed by atoms with van der Waals surface area (Å²) in [5.74, 6) is 0.687. The summed E-state index contributed by atoms with van der Waals surface area (Å²) in [5, 5.41) is 1.00. The molecule has 2 unspecified atom stereocenters. The third-order valence-corrected chi connectivity index (χ3v) is 4.10. The minimum absolute atomic E-state index is 0.0353. The Morgan fingerprint density at radius 2 is 1.84 bits per heavy atom. The summed E-state index contributed by atoms with van der Waals surface area (Å²) in [6.07, 6.45) is 0.704. The Labute approximate surface area is 122 Å². The molecule has 2 aromatic carbocycles. The minimum Gasteiger partial charge on any atom is -0.484 e. The maximum Gasteiger partial charge on any atom is 0.139 e. The molecule has 0 aliphatic heterocycles. The molecule has 0 fully saturated rings. The zero-order valence-corrected chi connectivity index (χ0v) is 11.7. The van der Waals surface area contributed by atoms with E-state index in [1.54, 1.807) is 12.1 Å². The summed E-state index contributed by atoms with van der Waals surface area (Å²) in [6, 6.07) is 13.4. The molecule has 2 aromatic rings. The lowest BCUT2D eigenvalue weighted by Gasteiger charge is -2.19. The van der Waals surface area contributed by atoms with E-state index in [9.17, 15) is 0 Å². The normalized spacial score (nSPS) is 21.2.